The molecule has 8 nitrogen and oxygen atoms in total. The van der Waals surface area contributed by atoms with E-state index in [9.17, 15) is 14.7 Å². The van der Waals surface area contributed by atoms with Crippen LogP contribution in [0.25, 0.3) is 17.0 Å². The van der Waals surface area contributed by atoms with Crippen molar-refractivity contribution in [1.29, 1.82) is 0 Å². The largest absolute Gasteiger partial charge is 0.507 e. The van der Waals surface area contributed by atoms with Gasteiger partial charge in [0.25, 0.3) is 11.7 Å². The number of rotatable bonds is 5. The van der Waals surface area contributed by atoms with E-state index in [0.717, 1.165) is 5.56 Å². The van der Waals surface area contributed by atoms with E-state index >= 15 is 0 Å². The third-order valence-corrected chi connectivity index (χ3v) is 5.65. The minimum atomic E-state index is -0.902. The van der Waals surface area contributed by atoms with Crippen LogP contribution >= 0.6 is 0 Å². The second kappa shape index (κ2) is 8.67. The number of aromatic nitrogens is 2. The molecule has 0 spiro atoms. The lowest BCUT2D eigenvalue weighted by atomic mass is 9.98. The number of hydrogen-bond donors (Lipinski definition) is 1. The van der Waals surface area contributed by atoms with Crippen LogP contribution in [0.5, 0.6) is 5.75 Å². The summed E-state index contributed by atoms with van der Waals surface area (Å²) in [6, 6.07) is 19.7. The zero-order chi connectivity index (χ0) is 23.7. The number of nitrogens with zero attached hydrogens (tertiary/aromatic N) is 3. The van der Waals surface area contributed by atoms with Gasteiger partial charge in [-0.05, 0) is 48.5 Å². The normalized spacial score (nSPS) is 17.2. The summed E-state index contributed by atoms with van der Waals surface area (Å²) < 4.78 is 10.1. The first-order valence-corrected chi connectivity index (χ1v) is 10.5. The Balaban J connectivity index is 1.63. The molecule has 8 heteroatoms. The average Bonchev–Trinajstić information content (AvgIpc) is 3.52. The summed E-state index contributed by atoms with van der Waals surface area (Å²) in [5, 5.41) is 15.0. The summed E-state index contributed by atoms with van der Waals surface area (Å²) in [4.78, 5) is 32.1. The number of methoxy groups -OCH3 is 1. The molecule has 1 aliphatic heterocycles. The highest BCUT2D eigenvalue weighted by atomic mass is 16.5. The van der Waals surface area contributed by atoms with Gasteiger partial charge in [0.05, 0.1) is 18.4 Å². The first-order valence-electron chi connectivity index (χ1n) is 10.5. The highest BCUT2D eigenvalue weighted by Crippen LogP contribution is 2.41. The number of carbonyl (C=O) groups excluding carboxylic acids is 2. The minimum absolute atomic E-state index is 0.0329. The van der Waals surface area contributed by atoms with Crippen molar-refractivity contribution in [2.75, 3.05) is 12.0 Å². The van der Waals surface area contributed by atoms with E-state index in [1.54, 1.807) is 79.0 Å². The zero-order valence-electron chi connectivity index (χ0n) is 18.1. The smallest absolute Gasteiger partial charge is 0.300 e. The summed E-state index contributed by atoms with van der Waals surface area (Å²) in [6.45, 7) is 0. The molecule has 168 valence electrons. The lowest BCUT2D eigenvalue weighted by molar-refractivity contribution is -0.132. The maximum absolute atomic E-state index is 13.2. The molecule has 4 aromatic rings. The number of aliphatic hydroxyl groups is 1. The van der Waals surface area contributed by atoms with Crippen LogP contribution in [-0.2, 0) is 9.59 Å². The van der Waals surface area contributed by atoms with Crippen molar-refractivity contribution in [3.05, 3.63) is 102 Å². The maximum atomic E-state index is 13.2. The van der Waals surface area contributed by atoms with E-state index in [1.807, 2.05) is 0 Å². The van der Waals surface area contributed by atoms with Crippen molar-refractivity contribution < 1.29 is 24.0 Å². The summed E-state index contributed by atoms with van der Waals surface area (Å²) in [5.74, 6) is -1.21. The van der Waals surface area contributed by atoms with Crippen molar-refractivity contribution >= 4 is 23.1 Å². The molecule has 1 unspecified atom stereocenters. The van der Waals surface area contributed by atoms with Gasteiger partial charge in [-0.3, -0.25) is 19.5 Å². The van der Waals surface area contributed by atoms with Crippen LogP contribution in [0.3, 0.4) is 0 Å². The Bertz CT molecular complexity index is 1360. The molecule has 1 N–H and O–H groups in total. The van der Waals surface area contributed by atoms with E-state index in [-0.39, 0.29) is 11.3 Å². The van der Waals surface area contributed by atoms with Crippen molar-refractivity contribution in [3.63, 3.8) is 0 Å². The highest BCUT2D eigenvalue weighted by molar-refractivity contribution is 6.51. The molecule has 1 atom stereocenters. The van der Waals surface area contributed by atoms with E-state index in [1.165, 1.54) is 18.3 Å². The molecule has 3 heterocycles. The Morgan fingerprint density at radius 1 is 1.00 bits per heavy atom. The number of pyridine rings is 1. The third-order valence-electron chi connectivity index (χ3n) is 5.65. The van der Waals surface area contributed by atoms with Crippen molar-refractivity contribution in [2.24, 2.45) is 0 Å². The fourth-order valence-corrected chi connectivity index (χ4v) is 3.97. The monoisotopic (exact) mass is 453 g/mol. The highest BCUT2D eigenvalue weighted by Gasteiger charge is 2.47. The molecule has 2 aromatic carbocycles. The molecule has 0 saturated carbocycles. The minimum Gasteiger partial charge on any atom is -0.507 e. The van der Waals surface area contributed by atoms with Gasteiger partial charge in [0.1, 0.15) is 29.5 Å². The Morgan fingerprint density at radius 2 is 1.76 bits per heavy atom. The van der Waals surface area contributed by atoms with Gasteiger partial charge >= 0.3 is 0 Å². The molecule has 0 bridgehead atoms. The fraction of sp³-hybridized carbons (Fsp3) is 0.0769. The van der Waals surface area contributed by atoms with E-state index in [0.29, 0.717) is 28.4 Å². The summed E-state index contributed by atoms with van der Waals surface area (Å²) in [7, 11) is 1.54. The number of Topliss-reactive ketones (excluding diaryl/α,β-unsaturated/α-hetero) is 1. The lowest BCUT2D eigenvalue weighted by Crippen LogP contribution is -2.29. The third kappa shape index (κ3) is 3.61. The molecule has 0 aliphatic carbocycles. The number of carbonyl (C=O) groups is 2. The maximum Gasteiger partial charge on any atom is 0.300 e. The summed E-state index contributed by atoms with van der Waals surface area (Å²) in [6.07, 6.45) is 3.05. The predicted molar refractivity (Wildman–Crippen MR) is 124 cm³/mol. The zero-order valence-corrected chi connectivity index (χ0v) is 18.1. The van der Waals surface area contributed by atoms with Gasteiger partial charge in [-0.1, -0.05) is 23.4 Å². The molecule has 5 rings (SSSR count). The first kappa shape index (κ1) is 21.1. The first-order chi connectivity index (χ1) is 16.6. The molecular weight excluding hydrogens is 434 g/mol. The van der Waals surface area contributed by atoms with Gasteiger partial charge < -0.3 is 14.4 Å². The fourth-order valence-electron chi connectivity index (χ4n) is 3.97. The van der Waals surface area contributed by atoms with Gasteiger partial charge in [-0.2, -0.15) is 0 Å². The number of ether oxygens (including phenoxy) is 1. The molecule has 1 amide bonds. The number of aliphatic hydroxyl groups excluding tert-OH is 1. The predicted octanol–water partition coefficient (Wildman–Crippen LogP) is 4.37. The summed E-state index contributed by atoms with van der Waals surface area (Å²) >= 11 is 0. The van der Waals surface area contributed by atoms with Crippen LogP contribution in [-0.4, -0.2) is 34.0 Å². The Kier molecular flexibility index (Phi) is 5.39. The average molecular weight is 453 g/mol. The van der Waals surface area contributed by atoms with Crippen molar-refractivity contribution in [2.45, 2.75) is 6.04 Å². The van der Waals surface area contributed by atoms with Crippen LogP contribution in [0.4, 0.5) is 5.69 Å². The number of benzene rings is 2. The van der Waals surface area contributed by atoms with Gasteiger partial charge in [0.15, 0.2) is 0 Å². The number of anilines is 1. The van der Waals surface area contributed by atoms with Gasteiger partial charge in [-0.25, -0.2) is 0 Å². The Morgan fingerprint density at radius 3 is 2.38 bits per heavy atom. The van der Waals surface area contributed by atoms with Gasteiger partial charge in [-0.15, -0.1) is 0 Å². The quantitative estimate of drug-likeness (QED) is 0.272. The second-order valence-corrected chi connectivity index (χ2v) is 7.58. The SMILES string of the molecule is COc1ccc(/C(O)=C2/C(=O)C(=O)N(c3ccc(-c4ccon4)cc3)C2c2ccccn2)cc1. The lowest BCUT2D eigenvalue weighted by Gasteiger charge is -2.24. The molecule has 1 fully saturated rings. The van der Waals surface area contributed by atoms with E-state index in [2.05, 4.69) is 10.1 Å². The van der Waals surface area contributed by atoms with Crippen LogP contribution < -0.4 is 9.64 Å². The van der Waals surface area contributed by atoms with Crippen LogP contribution in [0, 0.1) is 0 Å². The summed E-state index contributed by atoms with van der Waals surface area (Å²) in [5.41, 5.74) is 2.74. The van der Waals surface area contributed by atoms with E-state index < -0.39 is 17.7 Å². The second-order valence-electron chi connectivity index (χ2n) is 7.58. The van der Waals surface area contributed by atoms with Gasteiger partial charge in [0.2, 0.25) is 0 Å². The van der Waals surface area contributed by atoms with Gasteiger partial charge in [0, 0.05) is 29.1 Å². The van der Waals surface area contributed by atoms with Crippen LogP contribution in [0.1, 0.15) is 17.3 Å². The number of ketones is 1. The van der Waals surface area contributed by atoms with Crippen LogP contribution in [0.15, 0.2) is 95.4 Å². The molecule has 0 radical (unpaired) electrons. The topological polar surface area (TPSA) is 106 Å². The van der Waals surface area contributed by atoms with Crippen LogP contribution in [0.2, 0.25) is 0 Å². The Hall–Kier alpha value is -4.72. The Labute approximate surface area is 194 Å². The van der Waals surface area contributed by atoms with Crippen molar-refractivity contribution in [3.8, 4) is 17.0 Å². The molecule has 1 aliphatic rings. The molecular formula is C26H19N3O5. The molecule has 2 aromatic heterocycles. The molecule has 34 heavy (non-hydrogen) atoms. The number of amides is 1. The standard InChI is InChI=1S/C26H19N3O5/c1-33-19-11-7-17(8-12-19)24(30)22-23(21-4-2-3-14-27-21)29(26(32)25(22)31)18-9-5-16(6-10-18)20-13-15-34-28-20/h2-15,23,30H,1H3/b24-22-. The molecule has 1 saturated heterocycles. The van der Waals surface area contributed by atoms with Crippen molar-refractivity contribution in [1.82, 2.24) is 10.1 Å². The number of hydrogen-bond acceptors (Lipinski definition) is 7. The van der Waals surface area contributed by atoms with E-state index in [4.69, 9.17) is 9.26 Å².